The number of rotatable bonds is 11. The minimum atomic E-state index is -1.68. The SMILES string of the molecule is C.CC(C)(C)OC(=O)Nc1cn[nH]c1.[C-]#[N+]c1ncc(CC(=O)[C@@](C)(O)CBr)cc1C.[C-]#[N+]c1ncc(CC(=O)[C@@](C)(O)Cn2cc(NC(=O)OC(C)(C)C)cn2)cc1C. The lowest BCUT2D eigenvalue weighted by atomic mass is 9.95. The van der Waals surface area contributed by atoms with Gasteiger partial charge >= 0.3 is 12.2 Å². The third-order valence-electron chi connectivity index (χ3n) is 7.51. The van der Waals surface area contributed by atoms with Crippen molar-refractivity contribution in [1.82, 2.24) is 29.9 Å². The smallest absolute Gasteiger partial charge is 0.412 e. The Morgan fingerprint density at radius 1 is 0.767 bits per heavy atom. The maximum absolute atomic E-state index is 12.6. The highest BCUT2D eigenvalue weighted by Crippen LogP contribution is 2.21. The molecule has 0 aromatic carbocycles. The maximum atomic E-state index is 12.6. The number of aliphatic hydroxyl groups is 2. The first kappa shape index (κ1) is 52.0. The standard InChI is InChI=1S/C20H25N5O4.C12H13BrN2O2.C8H13N3O2.CH4/c1-13-7-14(9-22-17(13)21-6)8-16(26)20(5,28)12-25-11-15(10-23-25)24-18(27)29-19(2,3)4;1-8-4-9(6-15-11(8)14-3)5-10(16)12(2,17)7-13;1-8(2,3)13-7(12)11-6-4-9-10-5-6;/h7,9-11,28H,8,12H2,1-5H3,(H,24,27);4,6,17H,5,7H2,1-2H3;4-5H,1-3H3,(H,9,10)(H,11,12);1H4/t20-;12-;;/m00../s1. The highest BCUT2D eigenvalue weighted by Gasteiger charge is 2.32. The van der Waals surface area contributed by atoms with Gasteiger partial charge in [0.1, 0.15) is 34.8 Å². The molecule has 60 heavy (non-hydrogen) atoms. The zero-order valence-corrected chi connectivity index (χ0v) is 36.4. The highest BCUT2D eigenvalue weighted by atomic mass is 79.9. The van der Waals surface area contributed by atoms with Crippen LogP contribution < -0.4 is 10.6 Å². The van der Waals surface area contributed by atoms with Crippen molar-refractivity contribution in [2.24, 2.45) is 0 Å². The Labute approximate surface area is 359 Å². The van der Waals surface area contributed by atoms with Crippen molar-refractivity contribution in [3.05, 3.63) is 94.4 Å². The van der Waals surface area contributed by atoms with E-state index in [9.17, 15) is 29.4 Å². The van der Waals surface area contributed by atoms with E-state index in [0.717, 1.165) is 5.56 Å². The lowest BCUT2D eigenvalue weighted by molar-refractivity contribution is -0.136. The number of alkyl halides is 1. The second-order valence-electron chi connectivity index (χ2n) is 15.7. The predicted octanol–water partition coefficient (Wildman–Crippen LogP) is 7.64. The molecule has 0 aliphatic heterocycles. The molecule has 5 N–H and O–H groups in total. The third kappa shape index (κ3) is 18.3. The van der Waals surface area contributed by atoms with Gasteiger partial charge in [-0.3, -0.25) is 30.0 Å². The molecule has 18 nitrogen and oxygen atoms in total. The number of aromatic nitrogens is 6. The molecule has 0 saturated carbocycles. The van der Waals surface area contributed by atoms with Crippen molar-refractivity contribution in [3.63, 3.8) is 0 Å². The van der Waals surface area contributed by atoms with E-state index < -0.39 is 40.4 Å². The van der Waals surface area contributed by atoms with Gasteiger partial charge in [-0.2, -0.15) is 10.2 Å². The first-order valence-corrected chi connectivity index (χ1v) is 19.1. The Morgan fingerprint density at radius 3 is 1.60 bits per heavy atom. The zero-order chi connectivity index (χ0) is 44.8. The fraction of sp³-hybridized carbons (Fsp3) is 0.463. The molecule has 4 heterocycles. The first-order valence-electron chi connectivity index (χ1n) is 18.0. The van der Waals surface area contributed by atoms with Crippen molar-refractivity contribution in [2.75, 3.05) is 16.0 Å². The number of halogens is 1. The normalized spacial score (nSPS) is 12.7. The molecule has 324 valence electrons. The molecule has 4 aromatic heterocycles. The minimum absolute atomic E-state index is 0. The number of carbonyl (C=O) groups is 4. The van der Waals surface area contributed by atoms with Crippen LogP contribution in [0.15, 0.2) is 49.3 Å². The fourth-order valence-corrected chi connectivity index (χ4v) is 4.90. The number of Topliss-reactive ketones (excluding diaryl/α,β-unsaturated/α-hetero) is 2. The molecule has 0 bridgehead atoms. The molecule has 0 unspecified atom stereocenters. The van der Waals surface area contributed by atoms with Gasteiger partial charge < -0.3 is 29.4 Å². The van der Waals surface area contributed by atoms with Crippen LogP contribution in [0.3, 0.4) is 0 Å². The number of nitrogens with zero attached hydrogens (tertiary/aromatic N) is 7. The van der Waals surface area contributed by atoms with Gasteiger partial charge in [-0.1, -0.05) is 48.6 Å². The number of anilines is 2. The molecule has 4 aromatic rings. The van der Waals surface area contributed by atoms with Crippen LogP contribution in [0.25, 0.3) is 9.69 Å². The van der Waals surface area contributed by atoms with Crippen LogP contribution >= 0.6 is 15.9 Å². The average Bonchev–Trinajstić information content (AvgIpc) is 3.79. The van der Waals surface area contributed by atoms with Crippen LogP contribution in [0.2, 0.25) is 0 Å². The van der Waals surface area contributed by atoms with Crippen LogP contribution in [-0.4, -0.2) is 91.6 Å². The summed E-state index contributed by atoms with van der Waals surface area (Å²) < 4.78 is 11.6. The van der Waals surface area contributed by atoms with E-state index in [1.54, 1.807) is 52.9 Å². The van der Waals surface area contributed by atoms with Crippen LogP contribution in [0.5, 0.6) is 0 Å². The van der Waals surface area contributed by atoms with E-state index >= 15 is 0 Å². The number of hydrogen-bond acceptors (Lipinski definition) is 12. The van der Waals surface area contributed by atoms with Crippen LogP contribution in [0.4, 0.5) is 32.6 Å². The number of pyridine rings is 2. The molecule has 19 heteroatoms. The van der Waals surface area contributed by atoms with Crippen molar-refractivity contribution < 1.29 is 38.9 Å². The van der Waals surface area contributed by atoms with Gasteiger partial charge in [-0.25, -0.2) is 9.59 Å². The summed E-state index contributed by atoms with van der Waals surface area (Å²) in [5.41, 5.74) is -0.433. The monoisotopic (exact) mass is 894 g/mol. The lowest BCUT2D eigenvalue weighted by Crippen LogP contribution is -2.40. The summed E-state index contributed by atoms with van der Waals surface area (Å²) in [6.45, 7) is 30.9. The largest absolute Gasteiger partial charge is 0.444 e. The molecule has 2 amide bonds. The second-order valence-corrected chi connectivity index (χ2v) is 16.3. The number of carbonyl (C=O) groups excluding carboxylic acids is 4. The van der Waals surface area contributed by atoms with Crippen LogP contribution in [-0.2, 0) is 38.4 Å². The zero-order valence-electron chi connectivity index (χ0n) is 34.8. The number of ether oxygens (including phenoxy) is 2. The van der Waals surface area contributed by atoms with Crippen molar-refractivity contribution in [3.8, 4) is 0 Å². The van der Waals surface area contributed by atoms with Crippen molar-refractivity contribution in [1.29, 1.82) is 0 Å². The molecule has 0 radical (unpaired) electrons. The summed E-state index contributed by atoms with van der Waals surface area (Å²) in [5.74, 6) is -0.0551. The van der Waals surface area contributed by atoms with Crippen LogP contribution in [0, 0.1) is 27.0 Å². The first-order chi connectivity index (χ1) is 27.3. The molecule has 0 fully saturated rings. The predicted molar refractivity (Wildman–Crippen MR) is 230 cm³/mol. The third-order valence-corrected chi connectivity index (χ3v) is 8.60. The molecule has 2 atom stereocenters. The van der Waals surface area contributed by atoms with Gasteiger partial charge in [-0.05, 0) is 80.4 Å². The van der Waals surface area contributed by atoms with Gasteiger partial charge in [-0.15, -0.1) is 9.97 Å². The van der Waals surface area contributed by atoms with E-state index in [1.165, 1.54) is 49.5 Å². The summed E-state index contributed by atoms with van der Waals surface area (Å²) in [7, 11) is 0. The number of hydrogen-bond donors (Lipinski definition) is 5. The number of aryl methyl sites for hydroxylation is 2. The Hall–Kier alpha value is -6.02. The van der Waals surface area contributed by atoms with E-state index in [2.05, 4.69) is 61.5 Å². The number of amides is 2. The van der Waals surface area contributed by atoms with Gasteiger partial charge in [0.15, 0.2) is 11.6 Å². The Balaban J connectivity index is 0.000000492. The number of ketones is 2. The second kappa shape index (κ2) is 22.4. The molecule has 0 aliphatic carbocycles. The molecule has 0 aliphatic rings. The quantitative estimate of drug-likeness (QED) is 0.0722. The molecular weight excluding hydrogens is 840 g/mol. The summed E-state index contributed by atoms with van der Waals surface area (Å²) in [5, 5.41) is 36.0. The summed E-state index contributed by atoms with van der Waals surface area (Å²) in [6, 6.07) is 3.47. The van der Waals surface area contributed by atoms with Crippen LogP contribution in [0.1, 0.15) is 85.1 Å². The molecular formula is C41H55BrN10O8. The Bertz CT molecular complexity index is 2160. The van der Waals surface area contributed by atoms with Gasteiger partial charge in [0.2, 0.25) is 0 Å². The van der Waals surface area contributed by atoms with Crippen molar-refractivity contribution >= 4 is 62.7 Å². The highest BCUT2D eigenvalue weighted by molar-refractivity contribution is 9.09. The maximum Gasteiger partial charge on any atom is 0.412 e. The van der Waals surface area contributed by atoms with E-state index in [1.807, 2.05) is 20.8 Å². The van der Waals surface area contributed by atoms with E-state index in [0.29, 0.717) is 33.9 Å². The summed E-state index contributed by atoms with van der Waals surface area (Å²) in [6.07, 6.45) is 7.94. The lowest BCUT2D eigenvalue weighted by Gasteiger charge is -2.21. The number of H-pyrrole nitrogens is 1. The molecule has 4 rings (SSSR count). The van der Waals surface area contributed by atoms with Gasteiger partial charge in [0.25, 0.3) is 11.6 Å². The molecule has 0 saturated heterocycles. The number of aromatic amines is 1. The fourth-order valence-electron chi connectivity index (χ4n) is 4.59. The summed E-state index contributed by atoms with van der Waals surface area (Å²) >= 11 is 3.10. The van der Waals surface area contributed by atoms with E-state index in [4.69, 9.17) is 22.6 Å². The topological polar surface area (TPSA) is 232 Å². The minimum Gasteiger partial charge on any atom is -0.444 e. The van der Waals surface area contributed by atoms with Gasteiger partial charge in [0, 0.05) is 41.7 Å². The van der Waals surface area contributed by atoms with Crippen molar-refractivity contribution in [2.45, 2.75) is 118 Å². The Kier molecular flexibility index (Phi) is 19.4. The van der Waals surface area contributed by atoms with E-state index in [-0.39, 0.29) is 43.7 Å². The molecule has 0 spiro atoms. The van der Waals surface area contributed by atoms with Gasteiger partial charge in [0.05, 0.1) is 30.3 Å². The Morgan fingerprint density at radius 2 is 1.22 bits per heavy atom. The average molecular weight is 896 g/mol. The number of nitrogens with one attached hydrogen (secondary N) is 3. The summed E-state index contributed by atoms with van der Waals surface area (Å²) in [4.78, 5) is 61.8.